The molecular formula is C57H61BN2S. The standard InChI is InChI=1S/C57H61BN2S/c1-33-18-14-16-20-43(33)60-47-28-35(53(3,4)5)27-46-51(47)58(41-22-23-49-50(52(41)60)36-19-15-17-21-48(36)61-49)42-29-38-40(57(12,13)32-56(38,10)11)31-45(42)59(46)44-30-39-37(26-34(44)2)54(6,7)24-25-55(39,8)9/h14-23,26-31H,24-25,32H2,1-13H3. The van der Waals surface area contributed by atoms with E-state index in [0.29, 0.717) is 0 Å². The van der Waals surface area contributed by atoms with Crippen LogP contribution in [-0.2, 0) is 27.1 Å². The number of para-hydroxylation sites is 1. The lowest BCUT2D eigenvalue weighted by molar-refractivity contribution is 0.332. The number of nitrogens with zero attached hydrogens (tertiary/aromatic N) is 2. The Morgan fingerprint density at radius 1 is 0.525 bits per heavy atom. The highest BCUT2D eigenvalue weighted by Crippen LogP contribution is 2.56. The van der Waals surface area contributed by atoms with Crippen LogP contribution in [0.3, 0.4) is 0 Å². The van der Waals surface area contributed by atoms with Gasteiger partial charge in [0.1, 0.15) is 0 Å². The molecule has 4 heteroatoms. The van der Waals surface area contributed by atoms with Crippen LogP contribution in [0, 0.1) is 13.8 Å². The summed E-state index contributed by atoms with van der Waals surface area (Å²) in [6.07, 6.45) is 3.53. The highest BCUT2D eigenvalue weighted by Gasteiger charge is 2.49. The molecule has 0 fully saturated rings. The minimum absolute atomic E-state index is 0.0571. The first-order valence-corrected chi connectivity index (χ1v) is 23.6. The number of benzene rings is 6. The van der Waals surface area contributed by atoms with Gasteiger partial charge in [0.2, 0.25) is 0 Å². The summed E-state index contributed by atoms with van der Waals surface area (Å²) in [6.45, 7) is 31.7. The maximum Gasteiger partial charge on any atom is 0.252 e. The molecular weight excluding hydrogens is 756 g/mol. The lowest BCUT2D eigenvalue weighted by Gasteiger charge is -2.47. The number of anilines is 6. The van der Waals surface area contributed by atoms with E-state index in [1.165, 1.54) is 122 Å². The summed E-state index contributed by atoms with van der Waals surface area (Å²) >= 11 is 1.93. The third-order valence-electron chi connectivity index (χ3n) is 15.7. The third kappa shape index (κ3) is 5.46. The van der Waals surface area contributed by atoms with Gasteiger partial charge in [-0.25, -0.2) is 0 Å². The Kier molecular flexibility index (Phi) is 7.97. The zero-order valence-electron chi connectivity index (χ0n) is 38.7. The molecule has 7 aromatic rings. The molecule has 0 amide bonds. The van der Waals surface area contributed by atoms with Crippen molar-refractivity contribution in [2.75, 3.05) is 9.80 Å². The Hall–Kier alpha value is -4.80. The number of thiophene rings is 1. The van der Waals surface area contributed by atoms with Crippen molar-refractivity contribution in [3.05, 3.63) is 136 Å². The Labute approximate surface area is 369 Å². The molecule has 0 N–H and O–H groups in total. The normalized spacial score (nSPS) is 18.8. The fourth-order valence-electron chi connectivity index (χ4n) is 12.5. The van der Waals surface area contributed by atoms with Crippen molar-refractivity contribution in [3.8, 4) is 0 Å². The van der Waals surface area contributed by atoms with Crippen molar-refractivity contribution < 1.29 is 0 Å². The van der Waals surface area contributed by atoms with Gasteiger partial charge >= 0.3 is 0 Å². The van der Waals surface area contributed by atoms with E-state index < -0.39 is 0 Å². The molecule has 2 aliphatic carbocycles. The second-order valence-electron chi connectivity index (χ2n) is 22.9. The second-order valence-corrected chi connectivity index (χ2v) is 24.0. The maximum atomic E-state index is 2.74. The van der Waals surface area contributed by atoms with Crippen LogP contribution in [0.5, 0.6) is 0 Å². The minimum atomic E-state index is -0.0907. The molecule has 0 unspecified atom stereocenters. The van der Waals surface area contributed by atoms with E-state index in [9.17, 15) is 0 Å². The second kappa shape index (κ2) is 12.4. The predicted octanol–water partition coefficient (Wildman–Crippen LogP) is 14.4. The summed E-state index contributed by atoms with van der Waals surface area (Å²) in [5.41, 5.74) is 22.4. The molecule has 0 bridgehead atoms. The molecule has 2 aliphatic heterocycles. The van der Waals surface area contributed by atoms with Gasteiger partial charge in [0.05, 0.1) is 5.69 Å². The molecule has 2 nitrogen and oxygen atoms in total. The van der Waals surface area contributed by atoms with Crippen LogP contribution >= 0.6 is 11.3 Å². The monoisotopic (exact) mass is 816 g/mol. The third-order valence-corrected chi connectivity index (χ3v) is 16.8. The SMILES string of the molecule is Cc1cc2c(cc1N1c3cc4c(cc3B3c5ccc6sc7ccccc7c6c5N(c5ccccc5C)c5cc(C(C)(C)C)cc1c53)C(C)(C)CC4(C)C)C(C)(C)CCC2(C)C. The van der Waals surface area contributed by atoms with Crippen LogP contribution in [0.25, 0.3) is 20.2 Å². The van der Waals surface area contributed by atoms with Gasteiger partial charge in [0.25, 0.3) is 6.71 Å². The number of hydrogen-bond donors (Lipinski definition) is 0. The molecule has 0 radical (unpaired) electrons. The highest BCUT2D eigenvalue weighted by molar-refractivity contribution is 7.26. The van der Waals surface area contributed by atoms with Gasteiger partial charge in [-0.2, -0.15) is 0 Å². The van der Waals surface area contributed by atoms with Gasteiger partial charge in [-0.05, 0) is 158 Å². The number of aryl methyl sites for hydroxylation is 2. The van der Waals surface area contributed by atoms with E-state index in [-0.39, 0.29) is 33.8 Å². The average molecular weight is 817 g/mol. The number of fused-ring (bicyclic) bond motifs is 10. The van der Waals surface area contributed by atoms with E-state index in [2.05, 4.69) is 197 Å². The molecule has 3 heterocycles. The Morgan fingerprint density at radius 3 is 1.80 bits per heavy atom. The molecule has 0 saturated carbocycles. The smallest absolute Gasteiger partial charge is 0.252 e. The summed E-state index contributed by atoms with van der Waals surface area (Å²) in [6, 6.07) is 38.8. The molecule has 4 aliphatic rings. The van der Waals surface area contributed by atoms with Crippen molar-refractivity contribution in [2.45, 2.75) is 136 Å². The van der Waals surface area contributed by atoms with Gasteiger partial charge in [-0.15, -0.1) is 11.3 Å². The van der Waals surface area contributed by atoms with Crippen molar-refractivity contribution in [3.63, 3.8) is 0 Å². The van der Waals surface area contributed by atoms with Gasteiger partial charge in [-0.1, -0.05) is 131 Å². The fraction of sp³-hybridized carbons (Fsp3) is 0.368. The molecule has 61 heavy (non-hydrogen) atoms. The van der Waals surface area contributed by atoms with Gasteiger partial charge < -0.3 is 9.80 Å². The van der Waals surface area contributed by atoms with Crippen LogP contribution in [0.2, 0.25) is 0 Å². The summed E-state index contributed by atoms with van der Waals surface area (Å²) in [5.74, 6) is 0. The van der Waals surface area contributed by atoms with Gasteiger partial charge in [0.15, 0.2) is 0 Å². The van der Waals surface area contributed by atoms with Crippen LogP contribution in [0.4, 0.5) is 34.1 Å². The van der Waals surface area contributed by atoms with Crippen LogP contribution < -0.4 is 26.2 Å². The first-order valence-electron chi connectivity index (χ1n) is 22.8. The van der Waals surface area contributed by atoms with E-state index in [0.717, 1.165) is 6.42 Å². The summed E-state index contributed by atoms with van der Waals surface area (Å²) in [5, 5.41) is 2.72. The lowest BCUT2D eigenvalue weighted by Crippen LogP contribution is -2.61. The molecule has 1 aromatic heterocycles. The molecule has 308 valence electrons. The van der Waals surface area contributed by atoms with Crippen molar-refractivity contribution >= 4 is 88.7 Å². The van der Waals surface area contributed by atoms with Gasteiger partial charge in [-0.3, -0.25) is 0 Å². The summed E-state index contributed by atoms with van der Waals surface area (Å²) in [7, 11) is 0. The Morgan fingerprint density at radius 2 is 1.11 bits per heavy atom. The largest absolute Gasteiger partial charge is 0.311 e. The van der Waals surface area contributed by atoms with E-state index >= 15 is 0 Å². The van der Waals surface area contributed by atoms with Gasteiger partial charge in [0, 0.05) is 48.6 Å². The zero-order chi connectivity index (χ0) is 42.9. The zero-order valence-corrected chi connectivity index (χ0v) is 39.6. The lowest BCUT2D eigenvalue weighted by atomic mass is 9.33. The minimum Gasteiger partial charge on any atom is -0.311 e. The fourth-order valence-corrected chi connectivity index (χ4v) is 13.6. The van der Waals surface area contributed by atoms with Crippen molar-refractivity contribution in [1.29, 1.82) is 0 Å². The van der Waals surface area contributed by atoms with E-state index in [4.69, 9.17) is 0 Å². The Bertz CT molecular complexity index is 3040. The molecule has 0 spiro atoms. The maximum absolute atomic E-state index is 2.74. The first kappa shape index (κ1) is 39.1. The highest BCUT2D eigenvalue weighted by atomic mass is 32.1. The van der Waals surface area contributed by atoms with E-state index in [1.54, 1.807) is 0 Å². The predicted molar refractivity (Wildman–Crippen MR) is 267 cm³/mol. The van der Waals surface area contributed by atoms with Crippen molar-refractivity contribution in [1.82, 2.24) is 0 Å². The first-order chi connectivity index (χ1) is 28.7. The number of rotatable bonds is 2. The molecule has 6 aromatic carbocycles. The number of hydrogen-bond acceptors (Lipinski definition) is 3. The molecule has 0 atom stereocenters. The topological polar surface area (TPSA) is 6.48 Å². The molecule has 11 rings (SSSR count). The quantitative estimate of drug-likeness (QED) is 0.160. The van der Waals surface area contributed by atoms with Crippen molar-refractivity contribution in [2.24, 2.45) is 0 Å². The van der Waals surface area contributed by atoms with Crippen LogP contribution in [0.15, 0.2) is 97.1 Å². The average Bonchev–Trinajstić information content (AvgIpc) is 3.66. The molecule has 0 saturated heterocycles. The Balaban J connectivity index is 1.33. The van der Waals surface area contributed by atoms with E-state index in [1.807, 2.05) is 11.3 Å². The van der Waals surface area contributed by atoms with Crippen LogP contribution in [-0.4, -0.2) is 6.71 Å². The summed E-state index contributed by atoms with van der Waals surface area (Å²) < 4.78 is 2.69. The summed E-state index contributed by atoms with van der Waals surface area (Å²) in [4.78, 5) is 5.43. The van der Waals surface area contributed by atoms with Crippen LogP contribution in [0.1, 0.15) is 134 Å².